The molecule has 2 aromatic carbocycles. The van der Waals surface area contributed by atoms with Crippen LogP contribution in [0.3, 0.4) is 0 Å². The average molecular weight is 334 g/mol. The predicted octanol–water partition coefficient (Wildman–Crippen LogP) is 4.55. The molecule has 1 amide bonds. The van der Waals surface area contributed by atoms with Crippen LogP contribution in [0.2, 0.25) is 0 Å². The van der Waals surface area contributed by atoms with Crippen LogP contribution in [0.15, 0.2) is 42.5 Å². The van der Waals surface area contributed by atoms with Gasteiger partial charge < -0.3 is 15.0 Å². The van der Waals surface area contributed by atoms with Crippen molar-refractivity contribution in [3.8, 4) is 5.75 Å². The number of fused-ring (bicyclic) bond motifs is 3. The third-order valence-corrected chi connectivity index (χ3v) is 5.04. The topological polar surface area (TPSA) is 54.1 Å². The highest BCUT2D eigenvalue weighted by atomic mass is 16.5. The van der Waals surface area contributed by atoms with Gasteiger partial charge in [0.15, 0.2) is 0 Å². The lowest BCUT2D eigenvalue weighted by Crippen LogP contribution is -2.12. The molecule has 0 saturated heterocycles. The van der Waals surface area contributed by atoms with Crippen molar-refractivity contribution in [3.63, 3.8) is 0 Å². The van der Waals surface area contributed by atoms with Crippen LogP contribution >= 0.6 is 0 Å². The number of aromatic amines is 1. The molecule has 0 radical (unpaired) electrons. The zero-order valence-corrected chi connectivity index (χ0v) is 14.6. The Kier molecular flexibility index (Phi) is 3.96. The minimum absolute atomic E-state index is 0.0918. The summed E-state index contributed by atoms with van der Waals surface area (Å²) < 4.78 is 5.14. The lowest BCUT2D eigenvalue weighted by atomic mass is 9.87. The van der Waals surface area contributed by atoms with Gasteiger partial charge in [-0.3, -0.25) is 4.79 Å². The highest BCUT2D eigenvalue weighted by Gasteiger charge is 2.20. The number of ether oxygens (including phenoxy) is 1. The summed E-state index contributed by atoms with van der Waals surface area (Å²) >= 11 is 0. The van der Waals surface area contributed by atoms with E-state index in [1.54, 1.807) is 7.11 Å². The van der Waals surface area contributed by atoms with Crippen LogP contribution in [-0.2, 0) is 12.8 Å². The van der Waals surface area contributed by atoms with Crippen molar-refractivity contribution in [1.82, 2.24) is 4.98 Å². The number of aryl methyl sites for hydroxylation is 1. The Labute approximate surface area is 147 Å². The maximum Gasteiger partial charge on any atom is 0.255 e. The van der Waals surface area contributed by atoms with E-state index in [0.29, 0.717) is 11.5 Å². The number of carbonyl (C=O) groups is 1. The van der Waals surface area contributed by atoms with E-state index < -0.39 is 0 Å². The zero-order chi connectivity index (χ0) is 17.4. The third-order valence-electron chi connectivity index (χ3n) is 5.04. The minimum Gasteiger partial charge on any atom is -0.497 e. The van der Waals surface area contributed by atoms with E-state index in [9.17, 15) is 4.79 Å². The van der Waals surface area contributed by atoms with Gasteiger partial charge in [0.25, 0.3) is 5.91 Å². The number of hydrogen-bond donors (Lipinski definition) is 2. The molecule has 2 N–H and O–H groups in total. The van der Waals surface area contributed by atoms with E-state index in [4.69, 9.17) is 4.74 Å². The fourth-order valence-corrected chi connectivity index (χ4v) is 3.61. The Balaban J connectivity index is 1.62. The smallest absolute Gasteiger partial charge is 0.255 e. The first-order chi connectivity index (χ1) is 12.1. The van der Waals surface area contributed by atoms with Crippen molar-refractivity contribution in [3.05, 3.63) is 59.3 Å². The zero-order valence-electron chi connectivity index (χ0n) is 14.6. The Morgan fingerprint density at radius 1 is 1.20 bits per heavy atom. The molecule has 128 valence electrons. The molecule has 1 unspecified atom stereocenters. The highest BCUT2D eigenvalue weighted by Crippen LogP contribution is 2.32. The van der Waals surface area contributed by atoms with E-state index in [1.807, 2.05) is 42.5 Å². The number of amides is 1. The summed E-state index contributed by atoms with van der Waals surface area (Å²) in [5, 5.41) is 4.13. The number of hydrogen-bond acceptors (Lipinski definition) is 2. The first-order valence-electron chi connectivity index (χ1n) is 8.73. The molecule has 1 aliphatic rings. The molecular weight excluding hydrogens is 312 g/mol. The van der Waals surface area contributed by atoms with Crippen LogP contribution < -0.4 is 10.1 Å². The minimum atomic E-state index is -0.0918. The largest absolute Gasteiger partial charge is 0.497 e. The summed E-state index contributed by atoms with van der Waals surface area (Å²) in [6.07, 6.45) is 3.40. The van der Waals surface area contributed by atoms with E-state index in [1.165, 1.54) is 23.1 Å². The second-order valence-corrected chi connectivity index (χ2v) is 6.87. The van der Waals surface area contributed by atoms with E-state index in [-0.39, 0.29) is 5.91 Å². The molecule has 1 aliphatic carbocycles. The first-order valence-corrected chi connectivity index (χ1v) is 8.73. The van der Waals surface area contributed by atoms with Gasteiger partial charge in [-0.15, -0.1) is 0 Å². The maximum absolute atomic E-state index is 12.6. The number of anilines is 1. The second-order valence-electron chi connectivity index (χ2n) is 6.87. The average Bonchev–Trinajstić information content (AvgIpc) is 2.99. The van der Waals surface area contributed by atoms with Gasteiger partial charge in [0.05, 0.1) is 7.11 Å². The first kappa shape index (κ1) is 15.8. The van der Waals surface area contributed by atoms with Gasteiger partial charge in [0.1, 0.15) is 5.75 Å². The molecule has 0 fully saturated rings. The summed E-state index contributed by atoms with van der Waals surface area (Å²) in [5.41, 5.74) is 5.28. The van der Waals surface area contributed by atoms with Gasteiger partial charge in [-0.2, -0.15) is 0 Å². The Hall–Kier alpha value is -2.75. The van der Waals surface area contributed by atoms with Crippen LogP contribution in [-0.4, -0.2) is 18.0 Å². The van der Waals surface area contributed by atoms with Gasteiger partial charge in [0.2, 0.25) is 0 Å². The normalized spacial score (nSPS) is 16.5. The molecule has 1 aromatic heterocycles. The predicted molar refractivity (Wildman–Crippen MR) is 100 cm³/mol. The number of carbonyl (C=O) groups excluding carboxylic acids is 1. The molecular formula is C21H22N2O2. The van der Waals surface area contributed by atoms with Crippen molar-refractivity contribution in [2.75, 3.05) is 12.4 Å². The number of methoxy groups -OCH3 is 1. The molecule has 4 heteroatoms. The van der Waals surface area contributed by atoms with Crippen LogP contribution in [0.4, 0.5) is 5.69 Å². The quantitative estimate of drug-likeness (QED) is 0.738. The molecule has 4 nitrogen and oxygen atoms in total. The summed E-state index contributed by atoms with van der Waals surface area (Å²) in [7, 11) is 1.63. The number of aromatic nitrogens is 1. The van der Waals surface area contributed by atoms with Gasteiger partial charge in [-0.1, -0.05) is 6.92 Å². The Morgan fingerprint density at radius 3 is 2.76 bits per heavy atom. The lowest BCUT2D eigenvalue weighted by molar-refractivity contribution is 0.102. The van der Waals surface area contributed by atoms with Crippen molar-refractivity contribution >= 4 is 22.5 Å². The Morgan fingerprint density at radius 2 is 2.00 bits per heavy atom. The van der Waals surface area contributed by atoms with Crippen molar-refractivity contribution < 1.29 is 9.53 Å². The summed E-state index contributed by atoms with van der Waals surface area (Å²) in [6, 6.07) is 13.3. The van der Waals surface area contributed by atoms with Crippen LogP contribution in [0.1, 0.15) is 35.0 Å². The SMILES string of the molecule is COc1ccc(NC(=O)c2ccc3[nH]c4c(c3c2)CC(C)CC4)cc1. The third kappa shape index (κ3) is 3.00. The van der Waals surface area contributed by atoms with Gasteiger partial charge in [-0.05, 0) is 73.2 Å². The molecule has 3 aromatic rings. The molecule has 0 saturated carbocycles. The number of nitrogens with one attached hydrogen (secondary N) is 2. The summed E-state index contributed by atoms with van der Waals surface area (Å²) in [5.74, 6) is 1.38. The van der Waals surface area contributed by atoms with E-state index >= 15 is 0 Å². The molecule has 1 heterocycles. The maximum atomic E-state index is 12.6. The highest BCUT2D eigenvalue weighted by molar-refractivity contribution is 6.06. The number of benzene rings is 2. The van der Waals surface area contributed by atoms with Crippen molar-refractivity contribution in [2.45, 2.75) is 26.2 Å². The standard InChI is InChI=1S/C21H22N2O2/c1-13-3-9-19-17(11-13)18-12-14(4-10-20(18)23-19)21(24)22-15-5-7-16(25-2)8-6-15/h4-8,10,12-13,23H,3,9,11H2,1-2H3,(H,22,24). The van der Waals surface area contributed by atoms with E-state index in [0.717, 1.165) is 29.8 Å². The second kappa shape index (κ2) is 6.28. The lowest BCUT2D eigenvalue weighted by Gasteiger charge is -2.18. The molecule has 25 heavy (non-hydrogen) atoms. The van der Waals surface area contributed by atoms with Crippen LogP contribution in [0, 0.1) is 5.92 Å². The van der Waals surface area contributed by atoms with Crippen LogP contribution in [0.25, 0.3) is 10.9 Å². The number of rotatable bonds is 3. The van der Waals surface area contributed by atoms with Crippen LogP contribution in [0.5, 0.6) is 5.75 Å². The summed E-state index contributed by atoms with van der Waals surface area (Å²) in [6.45, 7) is 2.29. The van der Waals surface area contributed by atoms with Gasteiger partial charge in [0, 0.05) is 27.8 Å². The monoisotopic (exact) mass is 334 g/mol. The fraction of sp³-hybridized carbons (Fsp3) is 0.286. The van der Waals surface area contributed by atoms with Crippen molar-refractivity contribution in [2.24, 2.45) is 5.92 Å². The molecule has 0 aliphatic heterocycles. The van der Waals surface area contributed by atoms with Gasteiger partial charge >= 0.3 is 0 Å². The van der Waals surface area contributed by atoms with E-state index in [2.05, 4.69) is 17.2 Å². The molecule has 0 bridgehead atoms. The van der Waals surface area contributed by atoms with Gasteiger partial charge in [-0.25, -0.2) is 0 Å². The molecule has 0 spiro atoms. The number of H-pyrrole nitrogens is 1. The molecule has 4 rings (SSSR count). The summed E-state index contributed by atoms with van der Waals surface area (Å²) in [4.78, 5) is 16.1. The van der Waals surface area contributed by atoms with Crippen molar-refractivity contribution in [1.29, 1.82) is 0 Å². The molecule has 1 atom stereocenters. The fourth-order valence-electron chi connectivity index (χ4n) is 3.61. The Bertz CT molecular complexity index is 925.